The van der Waals surface area contributed by atoms with Gasteiger partial charge in [-0.15, -0.1) is 0 Å². The summed E-state index contributed by atoms with van der Waals surface area (Å²) in [6.45, 7) is 0.185. The summed E-state index contributed by atoms with van der Waals surface area (Å²) < 4.78 is 0. The van der Waals surface area contributed by atoms with Crippen LogP contribution in [0, 0.1) is 0 Å². The minimum Gasteiger partial charge on any atom is -0.334 e. The van der Waals surface area contributed by atoms with Gasteiger partial charge in [0.25, 0.3) is 0 Å². The molecule has 0 aromatic heterocycles. The first kappa shape index (κ1) is 12.1. The Hall–Kier alpha value is -2.37. The fraction of sp³-hybridized carbons (Fsp3) is 0.250. The van der Waals surface area contributed by atoms with Crippen molar-refractivity contribution in [3.8, 4) is 0 Å². The minimum absolute atomic E-state index is 0.0909. The molecule has 2 N–H and O–H groups in total. The van der Waals surface area contributed by atoms with Crippen molar-refractivity contribution in [1.82, 2.24) is 15.5 Å². The summed E-state index contributed by atoms with van der Waals surface area (Å²) >= 11 is 0. The van der Waals surface area contributed by atoms with Crippen LogP contribution < -0.4 is 10.6 Å². The Labute approximate surface area is 104 Å². The predicted molar refractivity (Wildman–Crippen MR) is 63.4 cm³/mol. The largest absolute Gasteiger partial charge is 0.334 e. The summed E-state index contributed by atoms with van der Waals surface area (Å²) in [6.07, 6.45) is 0. The molecule has 1 heterocycles. The van der Waals surface area contributed by atoms with Gasteiger partial charge in [-0.1, -0.05) is 30.3 Å². The number of amides is 4. The summed E-state index contributed by atoms with van der Waals surface area (Å²) in [6, 6.07) is 8.99. The van der Waals surface area contributed by atoms with Gasteiger partial charge < -0.3 is 10.2 Å². The molecule has 2 rings (SSSR count). The van der Waals surface area contributed by atoms with Crippen molar-refractivity contribution >= 4 is 17.8 Å². The van der Waals surface area contributed by atoms with Crippen LogP contribution in [0.5, 0.6) is 0 Å². The molecule has 0 bridgehead atoms. The molecule has 0 spiro atoms. The first-order chi connectivity index (χ1) is 8.65. The van der Waals surface area contributed by atoms with E-state index in [9.17, 15) is 14.4 Å². The number of hydrogen-bond donors (Lipinski definition) is 2. The molecular weight excluding hydrogens is 234 g/mol. The van der Waals surface area contributed by atoms with Crippen LogP contribution >= 0.6 is 0 Å². The topological polar surface area (TPSA) is 78.5 Å². The van der Waals surface area contributed by atoms with E-state index < -0.39 is 17.8 Å². The summed E-state index contributed by atoms with van der Waals surface area (Å²) in [5.74, 6) is -0.915. The molecule has 0 unspecified atom stereocenters. The van der Waals surface area contributed by atoms with E-state index in [-0.39, 0.29) is 13.1 Å². The number of nitrogens with one attached hydrogen (secondary N) is 2. The molecule has 6 nitrogen and oxygen atoms in total. The minimum atomic E-state index is -0.457. The SMILES string of the molecule is O=C1CN(C(=O)NCc2ccccc2)CC(=O)N1. The third kappa shape index (κ3) is 3.07. The van der Waals surface area contributed by atoms with Crippen LogP contribution in [-0.2, 0) is 16.1 Å². The summed E-state index contributed by atoms with van der Waals surface area (Å²) in [7, 11) is 0. The molecule has 1 fully saturated rings. The third-order valence-electron chi connectivity index (χ3n) is 2.52. The van der Waals surface area contributed by atoms with Crippen molar-refractivity contribution in [2.24, 2.45) is 0 Å². The molecule has 1 aromatic rings. The van der Waals surface area contributed by atoms with Gasteiger partial charge in [0.2, 0.25) is 11.8 Å². The van der Waals surface area contributed by atoms with E-state index >= 15 is 0 Å². The Morgan fingerprint density at radius 1 is 1.17 bits per heavy atom. The lowest BCUT2D eigenvalue weighted by molar-refractivity contribution is -0.134. The number of rotatable bonds is 2. The fourth-order valence-corrected chi connectivity index (χ4v) is 1.67. The van der Waals surface area contributed by atoms with Crippen molar-refractivity contribution in [3.63, 3.8) is 0 Å². The zero-order valence-electron chi connectivity index (χ0n) is 9.68. The Balaban J connectivity index is 1.88. The van der Waals surface area contributed by atoms with Crippen LogP contribution in [0.3, 0.4) is 0 Å². The highest BCUT2D eigenvalue weighted by Gasteiger charge is 2.25. The molecular formula is C12H13N3O3. The molecule has 1 aliphatic heterocycles. The smallest absolute Gasteiger partial charge is 0.318 e. The average Bonchev–Trinajstić information content (AvgIpc) is 2.36. The number of benzene rings is 1. The van der Waals surface area contributed by atoms with Gasteiger partial charge >= 0.3 is 6.03 Å². The first-order valence-electron chi connectivity index (χ1n) is 5.54. The molecule has 1 saturated heterocycles. The first-order valence-corrected chi connectivity index (χ1v) is 5.54. The quantitative estimate of drug-likeness (QED) is 0.714. The molecule has 0 radical (unpaired) electrons. The van der Waals surface area contributed by atoms with E-state index in [2.05, 4.69) is 10.6 Å². The fourth-order valence-electron chi connectivity index (χ4n) is 1.67. The number of nitrogens with zero attached hydrogens (tertiary/aromatic N) is 1. The highest BCUT2D eigenvalue weighted by atomic mass is 16.2. The second-order valence-corrected chi connectivity index (χ2v) is 3.97. The maximum absolute atomic E-state index is 11.7. The number of carbonyl (C=O) groups is 3. The second kappa shape index (κ2) is 5.31. The predicted octanol–water partition coefficient (Wildman–Crippen LogP) is -0.145. The molecule has 18 heavy (non-hydrogen) atoms. The molecule has 1 aliphatic rings. The van der Waals surface area contributed by atoms with Crippen molar-refractivity contribution in [2.75, 3.05) is 13.1 Å². The molecule has 94 valence electrons. The van der Waals surface area contributed by atoms with Crippen LogP contribution in [-0.4, -0.2) is 35.8 Å². The van der Waals surface area contributed by atoms with Gasteiger partial charge in [-0.2, -0.15) is 0 Å². The number of piperazine rings is 1. The number of hydrogen-bond acceptors (Lipinski definition) is 3. The van der Waals surface area contributed by atoms with Crippen LogP contribution in [0.15, 0.2) is 30.3 Å². The van der Waals surface area contributed by atoms with E-state index in [0.29, 0.717) is 6.54 Å². The summed E-state index contributed by atoms with van der Waals surface area (Å²) in [5, 5.41) is 4.80. The zero-order valence-corrected chi connectivity index (χ0v) is 9.68. The van der Waals surface area contributed by atoms with Gasteiger partial charge in [0.1, 0.15) is 13.1 Å². The Morgan fingerprint density at radius 2 is 1.78 bits per heavy atom. The van der Waals surface area contributed by atoms with Crippen molar-refractivity contribution < 1.29 is 14.4 Å². The van der Waals surface area contributed by atoms with Gasteiger partial charge in [-0.3, -0.25) is 14.9 Å². The van der Waals surface area contributed by atoms with Crippen molar-refractivity contribution in [2.45, 2.75) is 6.54 Å². The summed E-state index contributed by atoms with van der Waals surface area (Å²) in [5.41, 5.74) is 0.957. The van der Waals surface area contributed by atoms with Crippen LogP contribution in [0.2, 0.25) is 0 Å². The highest BCUT2D eigenvalue weighted by Crippen LogP contribution is 1.99. The van der Waals surface area contributed by atoms with E-state index in [1.807, 2.05) is 30.3 Å². The van der Waals surface area contributed by atoms with E-state index in [0.717, 1.165) is 5.56 Å². The van der Waals surface area contributed by atoms with Gasteiger partial charge in [0.05, 0.1) is 0 Å². The molecule has 0 saturated carbocycles. The lowest BCUT2D eigenvalue weighted by atomic mass is 10.2. The molecule has 0 atom stereocenters. The zero-order chi connectivity index (χ0) is 13.0. The van der Waals surface area contributed by atoms with Gasteiger partial charge in [-0.05, 0) is 5.56 Å². The Kier molecular flexibility index (Phi) is 3.57. The van der Waals surface area contributed by atoms with Crippen LogP contribution in [0.1, 0.15) is 5.56 Å². The van der Waals surface area contributed by atoms with Crippen molar-refractivity contribution in [3.05, 3.63) is 35.9 Å². The highest BCUT2D eigenvalue weighted by molar-refractivity contribution is 6.02. The second-order valence-electron chi connectivity index (χ2n) is 3.97. The normalized spacial score (nSPS) is 15.2. The molecule has 1 aromatic carbocycles. The number of imide groups is 1. The van der Waals surface area contributed by atoms with Crippen LogP contribution in [0.25, 0.3) is 0 Å². The maximum Gasteiger partial charge on any atom is 0.318 e. The molecule has 6 heteroatoms. The molecule has 0 aliphatic carbocycles. The van der Waals surface area contributed by atoms with Crippen LogP contribution in [0.4, 0.5) is 4.79 Å². The summed E-state index contributed by atoms with van der Waals surface area (Å²) in [4.78, 5) is 35.1. The van der Waals surface area contributed by atoms with Gasteiger partial charge in [0.15, 0.2) is 0 Å². The standard InChI is InChI=1S/C12H13N3O3/c16-10-7-15(8-11(17)14-10)12(18)13-6-9-4-2-1-3-5-9/h1-5H,6-8H2,(H,13,18)(H,14,16,17). The van der Waals surface area contributed by atoms with E-state index in [1.54, 1.807) is 0 Å². The van der Waals surface area contributed by atoms with E-state index in [1.165, 1.54) is 4.90 Å². The maximum atomic E-state index is 11.7. The monoisotopic (exact) mass is 247 g/mol. The third-order valence-corrected chi connectivity index (χ3v) is 2.52. The van der Waals surface area contributed by atoms with Crippen molar-refractivity contribution in [1.29, 1.82) is 0 Å². The lowest BCUT2D eigenvalue weighted by Gasteiger charge is -2.25. The average molecular weight is 247 g/mol. The number of urea groups is 1. The Bertz CT molecular complexity index is 457. The number of carbonyl (C=O) groups excluding carboxylic acids is 3. The van der Waals surface area contributed by atoms with Gasteiger partial charge in [0, 0.05) is 6.54 Å². The van der Waals surface area contributed by atoms with Gasteiger partial charge in [-0.25, -0.2) is 4.79 Å². The molecule has 4 amide bonds. The Morgan fingerprint density at radius 3 is 2.39 bits per heavy atom. The van der Waals surface area contributed by atoms with E-state index in [4.69, 9.17) is 0 Å². The lowest BCUT2D eigenvalue weighted by Crippen LogP contribution is -2.55.